The molecule has 4 rings (SSSR count). The van der Waals surface area contributed by atoms with Crippen LogP contribution in [-0.4, -0.2) is 51.9 Å². The van der Waals surface area contributed by atoms with Crippen molar-refractivity contribution in [3.63, 3.8) is 0 Å². The van der Waals surface area contributed by atoms with E-state index in [-0.39, 0.29) is 30.0 Å². The van der Waals surface area contributed by atoms with Crippen LogP contribution < -0.4 is 9.47 Å². The van der Waals surface area contributed by atoms with Crippen molar-refractivity contribution >= 4 is 0 Å². The molecular formula is C21H26O6. The van der Waals surface area contributed by atoms with Crippen LogP contribution in [0.15, 0.2) is 41.7 Å². The van der Waals surface area contributed by atoms with E-state index in [1.165, 1.54) is 0 Å². The first-order chi connectivity index (χ1) is 13.2. The monoisotopic (exact) mass is 374 g/mol. The van der Waals surface area contributed by atoms with Gasteiger partial charge in [-0.05, 0) is 29.3 Å². The van der Waals surface area contributed by atoms with Crippen LogP contribution in [0.5, 0.6) is 11.5 Å². The molecule has 146 valence electrons. The molecular weight excluding hydrogens is 348 g/mol. The third kappa shape index (κ3) is 3.22. The Morgan fingerprint density at radius 2 is 1.63 bits per heavy atom. The Labute approximate surface area is 159 Å². The fourth-order valence-electron chi connectivity index (χ4n) is 4.40. The zero-order valence-electron chi connectivity index (χ0n) is 15.9. The first-order valence-corrected chi connectivity index (χ1v) is 9.23. The lowest BCUT2D eigenvalue weighted by atomic mass is 9.82. The molecule has 1 aromatic carbocycles. The van der Waals surface area contributed by atoms with Gasteiger partial charge in [-0.1, -0.05) is 12.1 Å². The molecule has 0 bridgehead atoms. The van der Waals surface area contributed by atoms with Crippen LogP contribution in [0.1, 0.15) is 18.1 Å². The van der Waals surface area contributed by atoms with Crippen molar-refractivity contribution in [1.82, 2.24) is 0 Å². The molecule has 0 aromatic heterocycles. The van der Waals surface area contributed by atoms with Crippen LogP contribution in [-0.2, 0) is 14.2 Å². The largest absolute Gasteiger partial charge is 0.510 e. The molecule has 2 heterocycles. The predicted octanol–water partition coefficient (Wildman–Crippen LogP) is 3.19. The van der Waals surface area contributed by atoms with E-state index in [0.29, 0.717) is 37.1 Å². The lowest BCUT2D eigenvalue weighted by Crippen LogP contribution is -2.27. The lowest BCUT2D eigenvalue weighted by Gasteiger charge is -2.26. The molecule has 2 saturated heterocycles. The van der Waals surface area contributed by atoms with E-state index in [0.717, 1.165) is 11.1 Å². The molecule has 5 atom stereocenters. The molecule has 6 nitrogen and oxygen atoms in total. The maximum atomic E-state index is 9.90. The minimum absolute atomic E-state index is 0.00199. The smallest absolute Gasteiger partial charge is 0.161 e. The number of benzene rings is 1. The van der Waals surface area contributed by atoms with Crippen molar-refractivity contribution in [1.29, 1.82) is 0 Å². The van der Waals surface area contributed by atoms with E-state index in [1.54, 1.807) is 27.4 Å². The number of aliphatic hydroxyl groups is 1. The van der Waals surface area contributed by atoms with Crippen molar-refractivity contribution in [3.05, 3.63) is 47.2 Å². The summed E-state index contributed by atoms with van der Waals surface area (Å²) in [5, 5.41) is 9.90. The highest BCUT2D eigenvalue weighted by atomic mass is 16.5. The molecule has 6 heteroatoms. The molecule has 0 saturated carbocycles. The normalized spacial score (nSPS) is 32.6. The maximum absolute atomic E-state index is 9.90. The number of ether oxygens (including phenoxy) is 5. The van der Waals surface area contributed by atoms with Gasteiger partial charge in [0, 0.05) is 25.4 Å². The van der Waals surface area contributed by atoms with Gasteiger partial charge in [-0.3, -0.25) is 0 Å². The van der Waals surface area contributed by atoms with Crippen molar-refractivity contribution in [2.24, 2.45) is 11.8 Å². The molecule has 0 spiro atoms. The third-order valence-electron chi connectivity index (χ3n) is 5.87. The van der Waals surface area contributed by atoms with Crippen molar-refractivity contribution in [2.45, 2.75) is 24.7 Å². The molecule has 27 heavy (non-hydrogen) atoms. The second kappa shape index (κ2) is 7.54. The van der Waals surface area contributed by atoms with E-state index in [4.69, 9.17) is 23.7 Å². The topological polar surface area (TPSA) is 66.4 Å². The molecule has 2 aliphatic heterocycles. The minimum atomic E-state index is -0.295. The van der Waals surface area contributed by atoms with E-state index in [9.17, 15) is 5.11 Å². The summed E-state index contributed by atoms with van der Waals surface area (Å²) in [4.78, 5) is 0. The molecule has 0 radical (unpaired) electrons. The summed E-state index contributed by atoms with van der Waals surface area (Å²) in [6.07, 6.45) is 4.01. The van der Waals surface area contributed by atoms with Gasteiger partial charge in [0.05, 0.1) is 39.6 Å². The Morgan fingerprint density at radius 1 is 0.926 bits per heavy atom. The molecule has 0 amide bonds. The van der Waals surface area contributed by atoms with Gasteiger partial charge in [0.15, 0.2) is 11.5 Å². The summed E-state index contributed by atoms with van der Waals surface area (Å²) in [5.74, 6) is 2.26. The molecule has 1 aromatic rings. The van der Waals surface area contributed by atoms with Gasteiger partial charge in [-0.2, -0.15) is 0 Å². The minimum Gasteiger partial charge on any atom is -0.510 e. The second-order valence-electron chi connectivity index (χ2n) is 7.21. The molecule has 1 N–H and O–H groups in total. The standard InChI is InChI=1S/C21H26O6/c1-23-17-7-5-13(9-19(17)25-3)21-15-11-26-20(14(15)10-27-21)12-4-6-16(22)18(8-12)24-2/h4-7,9,14-15,18,20-22H,8,10-11H2,1-3H3/t14-,15-,18?,20+,21-/m0/s1. The van der Waals surface area contributed by atoms with Crippen LogP contribution in [0.4, 0.5) is 0 Å². The fraction of sp³-hybridized carbons (Fsp3) is 0.524. The highest BCUT2D eigenvalue weighted by Gasteiger charge is 2.49. The lowest BCUT2D eigenvalue weighted by molar-refractivity contribution is 0.0256. The number of hydrogen-bond acceptors (Lipinski definition) is 6. The summed E-state index contributed by atoms with van der Waals surface area (Å²) in [7, 11) is 4.88. The Balaban J connectivity index is 1.53. The van der Waals surface area contributed by atoms with Crippen LogP contribution in [0.25, 0.3) is 0 Å². The number of hydrogen-bond donors (Lipinski definition) is 1. The van der Waals surface area contributed by atoms with Gasteiger partial charge in [-0.25, -0.2) is 0 Å². The molecule has 1 aliphatic carbocycles. The first-order valence-electron chi connectivity index (χ1n) is 9.23. The van der Waals surface area contributed by atoms with E-state index >= 15 is 0 Å². The van der Waals surface area contributed by atoms with Gasteiger partial charge in [-0.15, -0.1) is 0 Å². The third-order valence-corrected chi connectivity index (χ3v) is 5.87. The number of rotatable bonds is 5. The van der Waals surface area contributed by atoms with Crippen LogP contribution in [0, 0.1) is 11.8 Å². The van der Waals surface area contributed by atoms with Crippen molar-refractivity contribution in [2.75, 3.05) is 34.5 Å². The average Bonchev–Trinajstić information content (AvgIpc) is 3.30. The Kier molecular flexibility index (Phi) is 5.12. The molecule has 1 unspecified atom stereocenters. The van der Waals surface area contributed by atoms with Gasteiger partial charge in [0.2, 0.25) is 0 Å². The molecule has 2 fully saturated rings. The average molecular weight is 374 g/mol. The zero-order valence-corrected chi connectivity index (χ0v) is 15.9. The Hall–Kier alpha value is -2.02. The zero-order chi connectivity index (χ0) is 19.0. The summed E-state index contributed by atoms with van der Waals surface area (Å²) in [5.41, 5.74) is 2.23. The van der Waals surface area contributed by atoms with E-state index in [2.05, 4.69) is 0 Å². The summed E-state index contributed by atoms with van der Waals surface area (Å²) in [6.45, 7) is 1.30. The quantitative estimate of drug-likeness (QED) is 0.854. The Morgan fingerprint density at radius 3 is 2.33 bits per heavy atom. The van der Waals surface area contributed by atoms with Crippen LogP contribution in [0.2, 0.25) is 0 Å². The maximum Gasteiger partial charge on any atom is 0.161 e. The first kappa shape index (κ1) is 18.3. The predicted molar refractivity (Wildman–Crippen MR) is 99.2 cm³/mol. The van der Waals surface area contributed by atoms with Gasteiger partial charge in [0.25, 0.3) is 0 Å². The van der Waals surface area contributed by atoms with Gasteiger partial charge >= 0.3 is 0 Å². The van der Waals surface area contributed by atoms with Crippen molar-refractivity contribution in [3.8, 4) is 11.5 Å². The van der Waals surface area contributed by atoms with E-state index in [1.807, 2.05) is 24.3 Å². The number of methoxy groups -OCH3 is 3. The number of fused-ring (bicyclic) bond motifs is 1. The van der Waals surface area contributed by atoms with E-state index < -0.39 is 0 Å². The van der Waals surface area contributed by atoms with Gasteiger partial charge < -0.3 is 28.8 Å². The number of allylic oxidation sites excluding steroid dienone is 2. The highest BCUT2D eigenvalue weighted by molar-refractivity contribution is 5.44. The SMILES string of the molecule is COc1ccc([C@@H]2OC[C@H]3[C@@H]2CO[C@@H]3C2=CC=C(O)C(OC)C2)cc1OC. The second-order valence-corrected chi connectivity index (χ2v) is 7.21. The Bertz CT molecular complexity index is 755. The molecule has 3 aliphatic rings. The van der Waals surface area contributed by atoms with Crippen LogP contribution >= 0.6 is 0 Å². The van der Waals surface area contributed by atoms with Gasteiger partial charge in [0.1, 0.15) is 11.9 Å². The number of aliphatic hydroxyl groups excluding tert-OH is 1. The fourth-order valence-corrected chi connectivity index (χ4v) is 4.40. The van der Waals surface area contributed by atoms with Crippen molar-refractivity contribution < 1.29 is 28.8 Å². The summed E-state index contributed by atoms with van der Waals surface area (Å²) < 4.78 is 28.5. The van der Waals surface area contributed by atoms with Crippen LogP contribution in [0.3, 0.4) is 0 Å². The highest BCUT2D eigenvalue weighted by Crippen LogP contribution is 2.48. The summed E-state index contributed by atoms with van der Waals surface area (Å²) in [6, 6.07) is 5.93. The summed E-state index contributed by atoms with van der Waals surface area (Å²) >= 11 is 0.